The Labute approximate surface area is 377 Å². The first-order valence-corrected chi connectivity index (χ1v) is 21.5. The molecule has 16 nitrogen and oxygen atoms in total. The highest BCUT2D eigenvalue weighted by Gasteiger charge is 2.35. The third kappa shape index (κ3) is 9.98. The fraction of sp³-hybridized carbons (Fsp3) is 0.327. The molecular weight excluding hydrogens is 833 g/mol. The highest BCUT2D eigenvalue weighted by molar-refractivity contribution is 6.04. The van der Waals surface area contributed by atoms with Gasteiger partial charge in [0.05, 0.1) is 68.6 Å². The quantitative estimate of drug-likeness (QED) is 0.0511. The molecular formula is C49H52N6O10. The van der Waals surface area contributed by atoms with Gasteiger partial charge in [-0.25, -0.2) is 4.79 Å². The SMILES string of the molecule is C=CCOC(=O)Nc1ccc2c(c1)CN1C(=O)c3cc(OC)c(OCCCCCOc4cc5c(cc4OC)C(=O)N4Cc6cc(NC(O)OCC=C)ccc6C[C@H]4C=N5)cc3N=C[C@@H]1C2. The molecule has 0 bridgehead atoms. The number of aliphatic hydroxyl groups excluding tert-OH is 1. The van der Waals surface area contributed by atoms with Gasteiger partial charge < -0.3 is 48.6 Å². The van der Waals surface area contributed by atoms with E-state index in [4.69, 9.17) is 38.4 Å². The zero-order chi connectivity index (χ0) is 45.5. The number of nitrogens with zero attached hydrogens (tertiary/aromatic N) is 4. The summed E-state index contributed by atoms with van der Waals surface area (Å²) in [5, 5.41) is 15.8. The van der Waals surface area contributed by atoms with Crippen LogP contribution in [0.1, 0.15) is 62.2 Å². The van der Waals surface area contributed by atoms with Crippen molar-refractivity contribution in [2.45, 2.75) is 63.7 Å². The zero-order valence-electron chi connectivity index (χ0n) is 36.4. The van der Waals surface area contributed by atoms with Crippen LogP contribution in [0.15, 0.2) is 96.0 Å². The van der Waals surface area contributed by atoms with Crippen LogP contribution in [-0.2, 0) is 35.4 Å². The maximum absolute atomic E-state index is 14.0. The minimum absolute atomic E-state index is 0.101. The van der Waals surface area contributed by atoms with Crippen molar-refractivity contribution in [3.05, 3.63) is 119 Å². The van der Waals surface area contributed by atoms with Gasteiger partial charge in [-0.3, -0.25) is 24.9 Å². The van der Waals surface area contributed by atoms with E-state index in [0.29, 0.717) is 96.0 Å². The molecule has 4 aliphatic heterocycles. The lowest BCUT2D eigenvalue weighted by Crippen LogP contribution is -2.44. The Morgan fingerprint density at radius 3 is 1.77 bits per heavy atom. The van der Waals surface area contributed by atoms with E-state index in [9.17, 15) is 19.5 Å². The molecule has 338 valence electrons. The minimum atomic E-state index is -1.19. The van der Waals surface area contributed by atoms with Crippen molar-refractivity contribution in [3.8, 4) is 23.0 Å². The van der Waals surface area contributed by atoms with Crippen LogP contribution in [0.25, 0.3) is 0 Å². The monoisotopic (exact) mass is 884 g/mol. The molecule has 65 heavy (non-hydrogen) atoms. The van der Waals surface area contributed by atoms with Crippen LogP contribution in [-0.4, -0.2) is 104 Å². The van der Waals surface area contributed by atoms with Crippen LogP contribution in [0, 0.1) is 0 Å². The average Bonchev–Trinajstić information content (AvgIpc) is 3.53. The Bertz CT molecular complexity index is 2540. The molecule has 3 N–H and O–H groups in total. The van der Waals surface area contributed by atoms with E-state index in [0.717, 1.165) is 41.5 Å². The summed E-state index contributed by atoms with van der Waals surface area (Å²) in [5.41, 5.74) is 7.15. The van der Waals surface area contributed by atoms with E-state index in [1.54, 1.807) is 53.5 Å². The Hall–Kier alpha value is -7.17. The highest BCUT2D eigenvalue weighted by atomic mass is 16.6. The predicted molar refractivity (Wildman–Crippen MR) is 246 cm³/mol. The zero-order valence-corrected chi connectivity index (χ0v) is 36.4. The van der Waals surface area contributed by atoms with Crippen molar-refractivity contribution >= 4 is 53.1 Å². The Morgan fingerprint density at radius 1 is 0.723 bits per heavy atom. The lowest BCUT2D eigenvalue weighted by Gasteiger charge is -2.34. The topological polar surface area (TPSA) is 182 Å². The van der Waals surface area contributed by atoms with Crippen molar-refractivity contribution in [1.29, 1.82) is 0 Å². The summed E-state index contributed by atoms with van der Waals surface area (Å²) < 4.78 is 34.0. The molecule has 4 heterocycles. The van der Waals surface area contributed by atoms with Gasteiger partial charge in [-0.1, -0.05) is 30.9 Å². The van der Waals surface area contributed by atoms with Crippen molar-refractivity contribution < 1.29 is 47.9 Å². The number of ether oxygens (including phenoxy) is 6. The van der Waals surface area contributed by atoms with Crippen LogP contribution in [0.2, 0.25) is 0 Å². The Kier molecular flexibility index (Phi) is 13.8. The van der Waals surface area contributed by atoms with Crippen LogP contribution in [0.5, 0.6) is 23.0 Å². The summed E-state index contributed by atoms with van der Waals surface area (Å²) in [6.07, 6.45) is 8.33. The molecule has 0 spiro atoms. The van der Waals surface area contributed by atoms with Gasteiger partial charge in [0.15, 0.2) is 23.0 Å². The minimum Gasteiger partial charge on any atom is -0.493 e. The molecule has 0 aromatic heterocycles. The molecule has 0 saturated carbocycles. The number of benzene rings is 4. The highest BCUT2D eigenvalue weighted by Crippen LogP contribution is 2.41. The van der Waals surface area contributed by atoms with Gasteiger partial charge in [-0.15, -0.1) is 6.58 Å². The van der Waals surface area contributed by atoms with E-state index >= 15 is 0 Å². The number of carbonyl (C=O) groups excluding carboxylic acids is 3. The van der Waals surface area contributed by atoms with E-state index in [2.05, 4.69) is 23.8 Å². The molecule has 8 rings (SSSR count). The predicted octanol–water partition coefficient (Wildman–Crippen LogP) is 7.52. The second kappa shape index (κ2) is 20.1. The molecule has 4 aromatic rings. The van der Waals surface area contributed by atoms with E-state index in [1.807, 2.05) is 42.6 Å². The largest absolute Gasteiger partial charge is 0.493 e. The maximum Gasteiger partial charge on any atom is 0.411 e. The number of aliphatic imine (C=N–C) groups is 2. The van der Waals surface area contributed by atoms with Gasteiger partial charge in [-0.2, -0.15) is 0 Å². The van der Waals surface area contributed by atoms with Crippen LogP contribution in [0.3, 0.4) is 0 Å². The number of rotatable bonds is 18. The second-order valence-electron chi connectivity index (χ2n) is 15.9. The lowest BCUT2D eigenvalue weighted by atomic mass is 9.93. The molecule has 16 heteroatoms. The first kappa shape index (κ1) is 44.4. The van der Waals surface area contributed by atoms with Crippen molar-refractivity contribution in [1.82, 2.24) is 9.80 Å². The van der Waals surface area contributed by atoms with E-state index in [-0.39, 0.29) is 37.1 Å². The van der Waals surface area contributed by atoms with Gasteiger partial charge in [0, 0.05) is 49.0 Å². The summed E-state index contributed by atoms with van der Waals surface area (Å²) in [4.78, 5) is 53.2. The number of methoxy groups -OCH3 is 2. The van der Waals surface area contributed by atoms with Crippen LogP contribution < -0.4 is 29.6 Å². The summed E-state index contributed by atoms with van der Waals surface area (Å²) in [6, 6.07) is 17.8. The molecule has 0 aliphatic carbocycles. The molecule has 4 aromatic carbocycles. The van der Waals surface area contributed by atoms with Crippen LogP contribution >= 0.6 is 0 Å². The number of unbranched alkanes of at least 4 members (excludes halogenated alkanes) is 2. The summed E-state index contributed by atoms with van der Waals surface area (Å²) in [6.45, 7) is 8.98. The molecule has 0 radical (unpaired) electrons. The van der Waals surface area contributed by atoms with E-state index in [1.165, 1.54) is 13.2 Å². The number of amides is 3. The third-order valence-electron chi connectivity index (χ3n) is 11.6. The second-order valence-corrected chi connectivity index (χ2v) is 15.9. The molecule has 3 atom stereocenters. The lowest BCUT2D eigenvalue weighted by molar-refractivity contribution is -0.0668. The standard InChI is InChI=1S/C49H52N6O10/c1-5-14-64-48(58)52-34-12-10-30-20-36-26-50-40-24-44(42(60-3)22-38(40)46(56)54(36)28-32(30)18-34)62-16-8-7-9-17-63-45-25-41-39(23-43(45)61-4)47(57)55-29-33-19-35(53-49(59)65-15-6-2)13-11-31(33)21-37(55)27-51-41/h5-6,10-13,18-19,22-27,36-37,48,52,58H,1-2,7-9,14-17,20-21,28-29H2,3-4H3,(H,53,59)/t36-,37-,48?/m0/s1. The number of hydrogen-bond donors (Lipinski definition) is 3. The first-order valence-electron chi connectivity index (χ1n) is 21.5. The molecule has 4 aliphatic rings. The van der Waals surface area contributed by atoms with Gasteiger partial charge in [0.25, 0.3) is 11.8 Å². The number of fused-ring (bicyclic) bond motifs is 6. The van der Waals surface area contributed by atoms with E-state index < -0.39 is 12.5 Å². The number of anilines is 2. The maximum atomic E-state index is 14.0. The van der Waals surface area contributed by atoms with Gasteiger partial charge in [0.2, 0.25) is 6.41 Å². The number of aliphatic hydroxyl groups is 1. The summed E-state index contributed by atoms with van der Waals surface area (Å²) in [5.74, 6) is 1.52. The van der Waals surface area contributed by atoms with Gasteiger partial charge >= 0.3 is 6.09 Å². The molecule has 0 fully saturated rings. The molecule has 1 unspecified atom stereocenters. The van der Waals surface area contributed by atoms with Crippen molar-refractivity contribution in [2.24, 2.45) is 9.98 Å². The van der Waals surface area contributed by atoms with Gasteiger partial charge in [0.1, 0.15) is 6.61 Å². The summed E-state index contributed by atoms with van der Waals surface area (Å²) in [7, 11) is 3.08. The summed E-state index contributed by atoms with van der Waals surface area (Å²) >= 11 is 0. The normalized spacial score (nSPS) is 17.1. The van der Waals surface area contributed by atoms with Gasteiger partial charge in [-0.05, 0) is 90.8 Å². The Morgan fingerprint density at radius 2 is 1.25 bits per heavy atom. The Balaban J connectivity index is 0.840. The average molecular weight is 885 g/mol. The fourth-order valence-electron chi connectivity index (χ4n) is 8.31. The van der Waals surface area contributed by atoms with Crippen molar-refractivity contribution in [3.63, 3.8) is 0 Å². The third-order valence-corrected chi connectivity index (χ3v) is 11.6. The van der Waals surface area contributed by atoms with Crippen molar-refractivity contribution in [2.75, 3.05) is 51.3 Å². The molecule has 3 amide bonds. The number of hydrogen-bond acceptors (Lipinski definition) is 13. The van der Waals surface area contributed by atoms with Crippen LogP contribution in [0.4, 0.5) is 27.5 Å². The number of nitrogens with one attached hydrogen (secondary N) is 2. The number of carbonyl (C=O) groups is 3. The smallest absolute Gasteiger partial charge is 0.411 e. The fourth-order valence-corrected chi connectivity index (χ4v) is 8.31. The molecule has 0 saturated heterocycles. The first-order chi connectivity index (χ1) is 31.7.